The van der Waals surface area contributed by atoms with Gasteiger partial charge in [-0.15, -0.1) is 0 Å². The molecule has 1 fully saturated rings. The Morgan fingerprint density at radius 3 is 2.75 bits per heavy atom. The summed E-state index contributed by atoms with van der Waals surface area (Å²) in [7, 11) is 0. The normalized spacial score (nSPS) is 31.0. The third-order valence-corrected chi connectivity index (χ3v) is 3.60. The van der Waals surface area contributed by atoms with Crippen LogP contribution in [0.25, 0.3) is 0 Å². The molecular formula is C8H15F2NS. The van der Waals surface area contributed by atoms with Crippen LogP contribution in [0.5, 0.6) is 0 Å². The molecule has 0 radical (unpaired) electrons. The molecule has 1 aliphatic rings. The Labute approximate surface area is 76.1 Å². The molecule has 0 aromatic heterocycles. The standard InChI is InChI=1S/C8H15F2NS/c9-8(10)3-6-1-2-12-5-7(6)4-11/h6-8H,1-5,11H2. The second kappa shape index (κ2) is 5.02. The molecule has 0 bridgehead atoms. The summed E-state index contributed by atoms with van der Waals surface area (Å²) < 4.78 is 24.2. The first-order chi connectivity index (χ1) is 5.74. The zero-order valence-electron chi connectivity index (χ0n) is 7.01. The van der Waals surface area contributed by atoms with Crippen molar-refractivity contribution in [3.63, 3.8) is 0 Å². The summed E-state index contributed by atoms with van der Waals surface area (Å²) in [4.78, 5) is 0. The number of nitrogens with two attached hydrogens (primary N) is 1. The number of thioether (sulfide) groups is 1. The number of hydrogen-bond donors (Lipinski definition) is 1. The SMILES string of the molecule is NCC1CSCCC1CC(F)F. The minimum atomic E-state index is -2.16. The van der Waals surface area contributed by atoms with Gasteiger partial charge in [0.1, 0.15) is 0 Å². The molecule has 2 atom stereocenters. The lowest BCUT2D eigenvalue weighted by molar-refractivity contribution is 0.0994. The van der Waals surface area contributed by atoms with E-state index in [1.165, 1.54) is 0 Å². The summed E-state index contributed by atoms with van der Waals surface area (Å²) in [6.07, 6.45) is -1.20. The first-order valence-corrected chi connectivity index (χ1v) is 5.45. The molecule has 12 heavy (non-hydrogen) atoms. The number of rotatable bonds is 3. The van der Waals surface area contributed by atoms with Gasteiger partial charge < -0.3 is 5.73 Å². The first-order valence-electron chi connectivity index (χ1n) is 4.30. The van der Waals surface area contributed by atoms with Crippen LogP contribution in [0.15, 0.2) is 0 Å². The molecule has 1 heterocycles. The van der Waals surface area contributed by atoms with Gasteiger partial charge in [0, 0.05) is 6.42 Å². The summed E-state index contributed by atoms with van der Waals surface area (Å²) in [5.74, 6) is 2.47. The Bertz CT molecular complexity index is 132. The van der Waals surface area contributed by atoms with E-state index in [-0.39, 0.29) is 12.3 Å². The van der Waals surface area contributed by atoms with Crippen molar-refractivity contribution in [2.75, 3.05) is 18.1 Å². The number of alkyl halides is 2. The van der Waals surface area contributed by atoms with E-state index in [0.717, 1.165) is 17.9 Å². The predicted molar refractivity (Wildman–Crippen MR) is 48.6 cm³/mol. The minimum Gasteiger partial charge on any atom is -0.330 e. The summed E-state index contributed by atoms with van der Waals surface area (Å²) in [5, 5.41) is 0. The van der Waals surface area contributed by atoms with Gasteiger partial charge >= 0.3 is 0 Å². The van der Waals surface area contributed by atoms with Gasteiger partial charge in [-0.25, -0.2) is 8.78 Å². The highest BCUT2D eigenvalue weighted by Crippen LogP contribution is 2.31. The quantitative estimate of drug-likeness (QED) is 0.745. The summed E-state index contributed by atoms with van der Waals surface area (Å²) in [6, 6.07) is 0. The lowest BCUT2D eigenvalue weighted by Gasteiger charge is -2.29. The second-order valence-corrected chi connectivity index (χ2v) is 4.40. The molecule has 4 heteroatoms. The van der Waals surface area contributed by atoms with Crippen molar-refractivity contribution in [3.05, 3.63) is 0 Å². The van der Waals surface area contributed by atoms with Crippen LogP contribution >= 0.6 is 11.8 Å². The van der Waals surface area contributed by atoms with Crippen molar-refractivity contribution in [2.24, 2.45) is 17.6 Å². The molecule has 2 N–H and O–H groups in total. The zero-order valence-corrected chi connectivity index (χ0v) is 7.83. The van der Waals surface area contributed by atoms with Gasteiger partial charge in [0.2, 0.25) is 6.43 Å². The second-order valence-electron chi connectivity index (χ2n) is 3.25. The highest BCUT2D eigenvalue weighted by molar-refractivity contribution is 7.99. The van der Waals surface area contributed by atoms with Crippen LogP contribution in [-0.4, -0.2) is 24.5 Å². The van der Waals surface area contributed by atoms with E-state index in [2.05, 4.69) is 0 Å². The van der Waals surface area contributed by atoms with Crippen molar-refractivity contribution in [3.8, 4) is 0 Å². The average molecular weight is 195 g/mol. The largest absolute Gasteiger partial charge is 0.330 e. The monoisotopic (exact) mass is 195 g/mol. The van der Waals surface area contributed by atoms with E-state index in [0.29, 0.717) is 12.5 Å². The van der Waals surface area contributed by atoms with E-state index < -0.39 is 6.43 Å². The molecule has 1 nitrogen and oxygen atoms in total. The predicted octanol–water partition coefficient (Wildman–Crippen LogP) is 1.97. The third kappa shape index (κ3) is 2.90. The third-order valence-electron chi connectivity index (χ3n) is 2.42. The van der Waals surface area contributed by atoms with Gasteiger partial charge in [-0.3, -0.25) is 0 Å². The fourth-order valence-electron chi connectivity index (χ4n) is 1.64. The topological polar surface area (TPSA) is 26.0 Å². The van der Waals surface area contributed by atoms with Crippen molar-refractivity contribution >= 4 is 11.8 Å². The molecule has 0 spiro atoms. The molecule has 0 aromatic carbocycles. The molecular weight excluding hydrogens is 180 g/mol. The van der Waals surface area contributed by atoms with Gasteiger partial charge in [-0.05, 0) is 36.3 Å². The van der Waals surface area contributed by atoms with Gasteiger partial charge in [-0.2, -0.15) is 11.8 Å². The van der Waals surface area contributed by atoms with Gasteiger partial charge in [0.25, 0.3) is 0 Å². The highest BCUT2D eigenvalue weighted by Gasteiger charge is 2.26. The summed E-state index contributed by atoms with van der Waals surface area (Å²) >= 11 is 1.83. The van der Waals surface area contributed by atoms with E-state index in [4.69, 9.17) is 5.73 Å². The molecule has 0 aromatic rings. The average Bonchev–Trinajstić information content (AvgIpc) is 2.04. The van der Waals surface area contributed by atoms with Crippen LogP contribution in [0.4, 0.5) is 8.78 Å². The molecule has 0 aliphatic carbocycles. The lowest BCUT2D eigenvalue weighted by atomic mass is 9.88. The Morgan fingerprint density at radius 1 is 1.42 bits per heavy atom. The minimum absolute atomic E-state index is 0.0441. The van der Waals surface area contributed by atoms with Crippen LogP contribution in [0.1, 0.15) is 12.8 Å². The maximum Gasteiger partial charge on any atom is 0.238 e. The van der Waals surface area contributed by atoms with Crippen molar-refractivity contribution in [1.29, 1.82) is 0 Å². The lowest BCUT2D eigenvalue weighted by Crippen LogP contribution is -2.30. The Hall–Kier alpha value is 0.170. The van der Waals surface area contributed by atoms with Crippen molar-refractivity contribution in [2.45, 2.75) is 19.3 Å². The van der Waals surface area contributed by atoms with E-state index in [9.17, 15) is 8.78 Å². The molecule has 0 saturated carbocycles. The Kier molecular flexibility index (Phi) is 4.29. The summed E-state index contributed by atoms with van der Waals surface area (Å²) in [6.45, 7) is 0.560. The van der Waals surface area contributed by atoms with E-state index in [1.807, 2.05) is 11.8 Å². The maximum absolute atomic E-state index is 12.1. The molecule has 2 unspecified atom stereocenters. The van der Waals surface area contributed by atoms with Crippen molar-refractivity contribution < 1.29 is 8.78 Å². The van der Waals surface area contributed by atoms with E-state index >= 15 is 0 Å². The van der Waals surface area contributed by atoms with E-state index in [1.54, 1.807) is 0 Å². The van der Waals surface area contributed by atoms with Crippen LogP contribution in [0, 0.1) is 11.8 Å². The van der Waals surface area contributed by atoms with Crippen LogP contribution in [-0.2, 0) is 0 Å². The smallest absolute Gasteiger partial charge is 0.238 e. The molecule has 1 rings (SSSR count). The summed E-state index contributed by atoms with van der Waals surface area (Å²) in [5.41, 5.74) is 5.51. The highest BCUT2D eigenvalue weighted by atomic mass is 32.2. The van der Waals surface area contributed by atoms with Gasteiger partial charge in [0.15, 0.2) is 0 Å². The van der Waals surface area contributed by atoms with Crippen molar-refractivity contribution in [1.82, 2.24) is 0 Å². The zero-order chi connectivity index (χ0) is 8.97. The van der Waals surface area contributed by atoms with Gasteiger partial charge in [-0.1, -0.05) is 0 Å². The number of halogens is 2. The molecule has 72 valence electrons. The van der Waals surface area contributed by atoms with Gasteiger partial charge in [0.05, 0.1) is 0 Å². The fourth-order valence-corrected chi connectivity index (χ4v) is 2.99. The fraction of sp³-hybridized carbons (Fsp3) is 1.00. The first kappa shape index (κ1) is 10.3. The van der Waals surface area contributed by atoms with Crippen LogP contribution in [0.2, 0.25) is 0 Å². The molecule has 0 amide bonds. The Morgan fingerprint density at radius 2 is 2.17 bits per heavy atom. The molecule has 1 saturated heterocycles. The Balaban J connectivity index is 2.36. The molecule has 1 aliphatic heterocycles. The number of hydrogen-bond acceptors (Lipinski definition) is 2. The van der Waals surface area contributed by atoms with Crippen LogP contribution in [0.3, 0.4) is 0 Å². The maximum atomic E-state index is 12.1. The van der Waals surface area contributed by atoms with Crippen LogP contribution < -0.4 is 5.73 Å².